The SMILES string of the molecule is CCCCN(CC)c1sc(C(=O)OCC)c(N)c1C1CC1. The highest BCUT2D eigenvalue weighted by Gasteiger charge is 2.34. The summed E-state index contributed by atoms with van der Waals surface area (Å²) < 4.78 is 5.14. The molecular formula is C16H26N2O2S. The summed E-state index contributed by atoms with van der Waals surface area (Å²) in [7, 11) is 0. The van der Waals surface area contributed by atoms with Crippen molar-refractivity contribution in [2.24, 2.45) is 0 Å². The summed E-state index contributed by atoms with van der Waals surface area (Å²) in [5.74, 6) is 0.259. The molecule has 0 aliphatic heterocycles. The van der Waals surface area contributed by atoms with Gasteiger partial charge in [-0.1, -0.05) is 13.3 Å². The van der Waals surface area contributed by atoms with Crippen LogP contribution in [0.4, 0.5) is 10.7 Å². The van der Waals surface area contributed by atoms with E-state index in [0.29, 0.717) is 23.1 Å². The Hall–Kier alpha value is -1.23. The molecule has 1 aromatic heterocycles. The van der Waals surface area contributed by atoms with Crippen molar-refractivity contribution in [2.75, 3.05) is 30.3 Å². The van der Waals surface area contributed by atoms with Crippen molar-refractivity contribution in [3.8, 4) is 0 Å². The van der Waals surface area contributed by atoms with Gasteiger partial charge in [0.05, 0.1) is 17.3 Å². The molecule has 0 spiro atoms. The molecule has 0 bridgehead atoms. The Morgan fingerprint density at radius 2 is 2.10 bits per heavy atom. The molecule has 5 heteroatoms. The van der Waals surface area contributed by atoms with Crippen LogP contribution in [0.2, 0.25) is 0 Å². The number of hydrogen-bond acceptors (Lipinski definition) is 5. The van der Waals surface area contributed by atoms with Gasteiger partial charge in [0.15, 0.2) is 0 Å². The number of rotatable bonds is 8. The van der Waals surface area contributed by atoms with Crippen molar-refractivity contribution in [1.82, 2.24) is 0 Å². The van der Waals surface area contributed by atoms with Gasteiger partial charge in [0, 0.05) is 18.7 Å². The fourth-order valence-electron chi connectivity index (χ4n) is 2.55. The van der Waals surface area contributed by atoms with Crippen molar-refractivity contribution in [3.05, 3.63) is 10.4 Å². The summed E-state index contributed by atoms with van der Waals surface area (Å²) in [4.78, 5) is 15.0. The number of ether oxygens (including phenoxy) is 1. The van der Waals surface area contributed by atoms with Crippen LogP contribution in [0.15, 0.2) is 0 Å². The van der Waals surface area contributed by atoms with Crippen LogP contribution in [0.1, 0.15) is 67.6 Å². The normalized spacial score (nSPS) is 14.2. The van der Waals surface area contributed by atoms with E-state index in [1.54, 1.807) is 0 Å². The second-order valence-corrected chi connectivity index (χ2v) is 6.49. The van der Waals surface area contributed by atoms with Gasteiger partial charge in [0.2, 0.25) is 0 Å². The largest absolute Gasteiger partial charge is 0.462 e. The van der Waals surface area contributed by atoms with Gasteiger partial charge >= 0.3 is 5.97 Å². The number of nitrogen functional groups attached to an aromatic ring is 1. The third-order valence-electron chi connectivity index (χ3n) is 3.86. The van der Waals surface area contributed by atoms with Crippen LogP contribution in [0.5, 0.6) is 0 Å². The number of esters is 1. The first-order valence-corrected chi connectivity index (χ1v) is 8.79. The van der Waals surface area contributed by atoms with Crippen molar-refractivity contribution in [2.45, 2.75) is 52.4 Å². The van der Waals surface area contributed by atoms with E-state index in [4.69, 9.17) is 10.5 Å². The third-order valence-corrected chi connectivity index (χ3v) is 5.12. The predicted molar refractivity (Wildman–Crippen MR) is 89.5 cm³/mol. The summed E-state index contributed by atoms with van der Waals surface area (Å²) in [6.07, 6.45) is 4.69. The summed E-state index contributed by atoms with van der Waals surface area (Å²) in [6, 6.07) is 0. The first kappa shape index (κ1) is 16.1. The zero-order chi connectivity index (χ0) is 15.4. The molecule has 0 radical (unpaired) electrons. The highest BCUT2D eigenvalue weighted by atomic mass is 32.1. The van der Waals surface area contributed by atoms with Crippen LogP contribution in [0.25, 0.3) is 0 Å². The van der Waals surface area contributed by atoms with Gasteiger partial charge in [0.25, 0.3) is 0 Å². The van der Waals surface area contributed by atoms with Gasteiger partial charge in [-0.3, -0.25) is 0 Å². The minimum atomic E-state index is -0.278. The number of anilines is 2. The highest BCUT2D eigenvalue weighted by molar-refractivity contribution is 7.18. The molecule has 1 aliphatic rings. The van der Waals surface area contributed by atoms with E-state index < -0.39 is 0 Å². The summed E-state index contributed by atoms with van der Waals surface area (Å²) in [5.41, 5.74) is 8.13. The lowest BCUT2D eigenvalue weighted by molar-refractivity contribution is 0.0533. The lowest BCUT2D eigenvalue weighted by atomic mass is 10.1. The van der Waals surface area contributed by atoms with Gasteiger partial charge in [0.1, 0.15) is 4.88 Å². The van der Waals surface area contributed by atoms with E-state index >= 15 is 0 Å². The topological polar surface area (TPSA) is 55.6 Å². The maximum absolute atomic E-state index is 12.1. The number of thiophene rings is 1. The van der Waals surface area contributed by atoms with E-state index in [1.165, 1.54) is 41.2 Å². The molecule has 1 aromatic rings. The second-order valence-electron chi connectivity index (χ2n) is 5.49. The molecule has 4 nitrogen and oxygen atoms in total. The summed E-state index contributed by atoms with van der Waals surface area (Å²) >= 11 is 1.51. The molecule has 1 heterocycles. The van der Waals surface area contributed by atoms with Crippen molar-refractivity contribution in [1.29, 1.82) is 0 Å². The Labute approximate surface area is 131 Å². The minimum Gasteiger partial charge on any atom is -0.462 e. The average molecular weight is 310 g/mol. The fourth-order valence-corrected chi connectivity index (χ4v) is 3.84. The number of carbonyl (C=O) groups is 1. The Kier molecular flexibility index (Phi) is 5.51. The number of hydrogen-bond donors (Lipinski definition) is 1. The standard InChI is InChI=1S/C16H26N2O2S/c1-4-7-10-18(5-2)15-12(11-8-9-11)13(17)14(21-15)16(19)20-6-3/h11H,4-10,17H2,1-3H3. The molecule has 21 heavy (non-hydrogen) atoms. The number of unbranched alkanes of at least 4 members (excludes halogenated alkanes) is 1. The van der Waals surface area contributed by atoms with Crippen LogP contribution in [-0.2, 0) is 4.74 Å². The van der Waals surface area contributed by atoms with Crippen LogP contribution in [0.3, 0.4) is 0 Å². The van der Waals surface area contributed by atoms with Gasteiger partial charge in [-0.2, -0.15) is 0 Å². The van der Waals surface area contributed by atoms with Crippen LogP contribution < -0.4 is 10.6 Å². The minimum absolute atomic E-state index is 0.278. The van der Waals surface area contributed by atoms with E-state index in [1.807, 2.05) is 6.92 Å². The Bertz CT molecular complexity index is 495. The van der Waals surface area contributed by atoms with Crippen molar-refractivity contribution in [3.63, 3.8) is 0 Å². The quantitative estimate of drug-likeness (QED) is 0.737. The van der Waals surface area contributed by atoms with Gasteiger partial charge in [-0.25, -0.2) is 4.79 Å². The molecule has 2 rings (SSSR count). The van der Waals surface area contributed by atoms with Gasteiger partial charge < -0.3 is 15.4 Å². The predicted octanol–water partition coefficient (Wildman–Crippen LogP) is 4.01. The molecule has 1 fully saturated rings. The first-order chi connectivity index (χ1) is 10.1. The van der Waals surface area contributed by atoms with E-state index in [-0.39, 0.29) is 5.97 Å². The monoisotopic (exact) mass is 310 g/mol. The first-order valence-electron chi connectivity index (χ1n) is 7.98. The van der Waals surface area contributed by atoms with Crippen LogP contribution in [0, 0.1) is 0 Å². The zero-order valence-electron chi connectivity index (χ0n) is 13.3. The Morgan fingerprint density at radius 3 is 2.62 bits per heavy atom. The Balaban J connectivity index is 2.34. The van der Waals surface area contributed by atoms with Crippen LogP contribution in [-0.4, -0.2) is 25.7 Å². The molecule has 0 saturated heterocycles. The lowest BCUT2D eigenvalue weighted by Gasteiger charge is -2.22. The van der Waals surface area contributed by atoms with Crippen LogP contribution >= 0.6 is 11.3 Å². The average Bonchev–Trinajstić information content (AvgIpc) is 3.24. The second kappa shape index (κ2) is 7.16. The molecule has 1 saturated carbocycles. The number of nitrogens with zero attached hydrogens (tertiary/aromatic N) is 1. The van der Waals surface area contributed by atoms with E-state index in [2.05, 4.69) is 18.7 Å². The molecule has 1 aliphatic carbocycles. The molecule has 2 N–H and O–H groups in total. The van der Waals surface area contributed by atoms with Gasteiger partial charge in [-0.05, 0) is 39.0 Å². The maximum Gasteiger partial charge on any atom is 0.350 e. The molecule has 0 aromatic carbocycles. The summed E-state index contributed by atoms with van der Waals surface area (Å²) in [5, 5.41) is 1.19. The van der Waals surface area contributed by atoms with Crippen molar-refractivity contribution >= 4 is 28.0 Å². The number of carbonyl (C=O) groups excluding carboxylic acids is 1. The molecule has 118 valence electrons. The van der Waals surface area contributed by atoms with E-state index in [0.717, 1.165) is 19.5 Å². The molecular weight excluding hydrogens is 284 g/mol. The molecule has 0 unspecified atom stereocenters. The fraction of sp³-hybridized carbons (Fsp3) is 0.688. The highest BCUT2D eigenvalue weighted by Crippen LogP contribution is 2.52. The van der Waals surface area contributed by atoms with E-state index in [9.17, 15) is 4.79 Å². The lowest BCUT2D eigenvalue weighted by Crippen LogP contribution is -2.23. The van der Waals surface area contributed by atoms with Gasteiger partial charge in [-0.15, -0.1) is 11.3 Å². The Morgan fingerprint density at radius 1 is 1.38 bits per heavy atom. The zero-order valence-corrected chi connectivity index (χ0v) is 14.1. The number of nitrogens with two attached hydrogens (primary N) is 1. The summed E-state index contributed by atoms with van der Waals surface area (Å²) in [6.45, 7) is 8.53. The maximum atomic E-state index is 12.1. The molecule has 0 amide bonds. The third kappa shape index (κ3) is 3.51. The molecule has 0 atom stereocenters. The smallest absolute Gasteiger partial charge is 0.350 e. The van der Waals surface area contributed by atoms with Crippen molar-refractivity contribution < 1.29 is 9.53 Å².